The van der Waals surface area contributed by atoms with E-state index in [4.69, 9.17) is 4.52 Å². The van der Waals surface area contributed by atoms with E-state index in [9.17, 15) is 0 Å². The number of imidazole rings is 1. The quantitative estimate of drug-likeness (QED) is 0.789. The number of aryl methyl sites for hydroxylation is 1. The van der Waals surface area contributed by atoms with E-state index in [1.807, 2.05) is 45.2 Å². The minimum absolute atomic E-state index is 0.0458. The Morgan fingerprint density at radius 3 is 2.80 bits per heavy atom. The smallest absolute Gasteiger partial charge is 0.243 e. The van der Waals surface area contributed by atoms with Crippen molar-refractivity contribution in [2.24, 2.45) is 0 Å². The van der Waals surface area contributed by atoms with E-state index in [0.29, 0.717) is 18.3 Å². The number of aromatic amines is 1. The van der Waals surface area contributed by atoms with Crippen molar-refractivity contribution in [1.29, 1.82) is 0 Å². The van der Waals surface area contributed by atoms with Gasteiger partial charge in [-0.2, -0.15) is 4.98 Å². The largest absolute Gasteiger partial charge is 0.341 e. The van der Waals surface area contributed by atoms with Gasteiger partial charge in [0.25, 0.3) is 0 Å². The summed E-state index contributed by atoms with van der Waals surface area (Å²) in [6.45, 7) is 4.55. The molecule has 1 aromatic carbocycles. The fraction of sp³-hybridized carbons (Fsp3) is 0.357. The van der Waals surface area contributed by atoms with Crippen LogP contribution in [-0.2, 0) is 6.54 Å². The van der Waals surface area contributed by atoms with Gasteiger partial charge >= 0.3 is 0 Å². The molecular formula is C14H17N5O. The third-order valence-electron chi connectivity index (χ3n) is 3.40. The predicted molar refractivity (Wildman–Crippen MR) is 75.0 cm³/mol. The molecule has 2 heterocycles. The second-order valence-electron chi connectivity index (χ2n) is 4.97. The van der Waals surface area contributed by atoms with Crippen LogP contribution in [0, 0.1) is 6.92 Å². The third-order valence-corrected chi connectivity index (χ3v) is 3.40. The zero-order valence-corrected chi connectivity index (χ0v) is 11.8. The van der Waals surface area contributed by atoms with Gasteiger partial charge in [0.15, 0.2) is 5.82 Å². The fourth-order valence-corrected chi connectivity index (χ4v) is 2.13. The van der Waals surface area contributed by atoms with Crippen molar-refractivity contribution in [2.75, 3.05) is 7.05 Å². The number of hydrogen-bond donors (Lipinski definition) is 1. The van der Waals surface area contributed by atoms with E-state index in [0.717, 1.165) is 16.9 Å². The first kappa shape index (κ1) is 12.8. The Bertz CT molecular complexity index is 684. The summed E-state index contributed by atoms with van der Waals surface area (Å²) in [7, 11) is 2.01. The van der Waals surface area contributed by atoms with Gasteiger partial charge in [-0.25, -0.2) is 4.98 Å². The molecule has 3 aromatic rings. The van der Waals surface area contributed by atoms with Gasteiger partial charge in [-0.05, 0) is 33.0 Å². The molecule has 0 unspecified atom stereocenters. The predicted octanol–water partition coefficient (Wildman–Crippen LogP) is 2.45. The molecule has 0 spiro atoms. The molecule has 0 saturated carbocycles. The maximum atomic E-state index is 5.21. The summed E-state index contributed by atoms with van der Waals surface area (Å²) >= 11 is 0. The number of H-pyrrole nitrogens is 1. The molecular weight excluding hydrogens is 254 g/mol. The first-order valence-electron chi connectivity index (χ1n) is 6.57. The Balaban J connectivity index is 1.76. The molecule has 104 valence electrons. The summed E-state index contributed by atoms with van der Waals surface area (Å²) < 4.78 is 5.21. The SMILES string of the molecule is Cc1noc([C@@H](C)N(C)Cc2nc3ccccc3[nH]2)n1. The van der Waals surface area contributed by atoms with Gasteiger partial charge < -0.3 is 9.51 Å². The minimum Gasteiger partial charge on any atom is -0.341 e. The molecule has 20 heavy (non-hydrogen) atoms. The fourth-order valence-electron chi connectivity index (χ4n) is 2.13. The third kappa shape index (κ3) is 2.42. The van der Waals surface area contributed by atoms with Crippen LogP contribution in [-0.4, -0.2) is 32.1 Å². The number of benzene rings is 1. The highest BCUT2D eigenvalue weighted by Gasteiger charge is 2.19. The summed E-state index contributed by atoms with van der Waals surface area (Å²) in [6, 6.07) is 8.05. The molecule has 0 fully saturated rings. The molecule has 1 atom stereocenters. The zero-order chi connectivity index (χ0) is 14.1. The average molecular weight is 271 g/mol. The highest BCUT2D eigenvalue weighted by Crippen LogP contribution is 2.19. The normalized spacial score (nSPS) is 13.2. The molecule has 3 rings (SSSR count). The summed E-state index contributed by atoms with van der Waals surface area (Å²) in [5.74, 6) is 2.21. The Hall–Kier alpha value is -2.21. The van der Waals surface area contributed by atoms with Gasteiger partial charge in [0, 0.05) is 0 Å². The van der Waals surface area contributed by atoms with Gasteiger partial charge in [-0.1, -0.05) is 17.3 Å². The first-order chi connectivity index (χ1) is 9.63. The van der Waals surface area contributed by atoms with Gasteiger partial charge in [0.2, 0.25) is 5.89 Å². The monoisotopic (exact) mass is 271 g/mol. The number of hydrogen-bond acceptors (Lipinski definition) is 5. The van der Waals surface area contributed by atoms with Crippen molar-refractivity contribution >= 4 is 11.0 Å². The van der Waals surface area contributed by atoms with Gasteiger partial charge in [0.1, 0.15) is 5.82 Å². The number of aromatic nitrogens is 4. The van der Waals surface area contributed by atoms with E-state index < -0.39 is 0 Å². The number of fused-ring (bicyclic) bond motifs is 1. The number of nitrogens with zero attached hydrogens (tertiary/aromatic N) is 4. The molecule has 2 aromatic heterocycles. The van der Waals surface area contributed by atoms with Gasteiger partial charge in [0.05, 0.1) is 23.6 Å². The highest BCUT2D eigenvalue weighted by atomic mass is 16.5. The van der Waals surface area contributed by atoms with E-state index >= 15 is 0 Å². The maximum absolute atomic E-state index is 5.21. The number of rotatable bonds is 4. The zero-order valence-electron chi connectivity index (χ0n) is 11.8. The van der Waals surface area contributed by atoms with Crippen molar-refractivity contribution in [1.82, 2.24) is 25.0 Å². The van der Waals surface area contributed by atoms with E-state index in [-0.39, 0.29) is 6.04 Å². The molecule has 0 aliphatic heterocycles. The van der Waals surface area contributed by atoms with Crippen molar-refractivity contribution in [2.45, 2.75) is 26.4 Å². The Labute approximate surface area is 116 Å². The van der Waals surface area contributed by atoms with Crippen LogP contribution < -0.4 is 0 Å². The van der Waals surface area contributed by atoms with Crippen molar-refractivity contribution < 1.29 is 4.52 Å². The number of nitrogens with one attached hydrogen (secondary N) is 1. The van der Waals surface area contributed by atoms with Gasteiger partial charge in [-0.3, -0.25) is 4.90 Å². The molecule has 0 bridgehead atoms. The molecule has 0 saturated heterocycles. The summed E-state index contributed by atoms with van der Waals surface area (Å²) in [5, 5.41) is 3.83. The molecule has 0 radical (unpaired) electrons. The lowest BCUT2D eigenvalue weighted by Gasteiger charge is -2.20. The lowest BCUT2D eigenvalue weighted by Crippen LogP contribution is -2.22. The van der Waals surface area contributed by atoms with Crippen LogP contribution in [0.4, 0.5) is 0 Å². The van der Waals surface area contributed by atoms with Crippen LogP contribution in [0.15, 0.2) is 28.8 Å². The first-order valence-corrected chi connectivity index (χ1v) is 6.57. The summed E-state index contributed by atoms with van der Waals surface area (Å²) in [6.07, 6.45) is 0. The van der Waals surface area contributed by atoms with Crippen molar-refractivity contribution in [3.8, 4) is 0 Å². The van der Waals surface area contributed by atoms with E-state index in [2.05, 4.69) is 25.0 Å². The van der Waals surface area contributed by atoms with Crippen LogP contribution in [0.5, 0.6) is 0 Å². The summed E-state index contributed by atoms with van der Waals surface area (Å²) in [4.78, 5) is 14.3. The highest BCUT2D eigenvalue weighted by molar-refractivity contribution is 5.74. The number of para-hydroxylation sites is 2. The van der Waals surface area contributed by atoms with E-state index in [1.54, 1.807) is 0 Å². The molecule has 0 aliphatic rings. The van der Waals surface area contributed by atoms with Crippen LogP contribution in [0.25, 0.3) is 11.0 Å². The van der Waals surface area contributed by atoms with Gasteiger partial charge in [-0.15, -0.1) is 0 Å². The topological polar surface area (TPSA) is 70.8 Å². The van der Waals surface area contributed by atoms with Crippen LogP contribution in [0.2, 0.25) is 0 Å². The minimum atomic E-state index is 0.0458. The van der Waals surface area contributed by atoms with Crippen LogP contribution in [0.1, 0.15) is 30.5 Å². The van der Waals surface area contributed by atoms with Crippen LogP contribution >= 0.6 is 0 Å². The molecule has 0 amide bonds. The molecule has 6 heteroatoms. The Morgan fingerprint density at radius 1 is 1.30 bits per heavy atom. The second kappa shape index (κ2) is 5.05. The van der Waals surface area contributed by atoms with Crippen molar-refractivity contribution in [3.63, 3.8) is 0 Å². The van der Waals surface area contributed by atoms with Crippen molar-refractivity contribution in [3.05, 3.63) is 41.8 Å². The Morgan fingerprint density at radius 2 is 2.10 bits per heavy atom. The molecule has 1 N–H and O–H groups in total. The Kier molecular flexibility index (Phi) is 3.23. The molecule has 6 nitrogen and oxygen atoms in total. The lowest BCUT2D eigenvalue weighted by atomic mass is 10.3. The lowest BCUT2D eigenvalue weighted by molar-refractivity contribution is 0.199. The van der Waals surface area contributed by atoms with E-state index in [1.165, 1.54) is 0 Å². The standard InChI is InChI=1S/C14H17N5O/c1-9(14-15-10(2)18-20-14)19(3)8-13-16-11-6-4-5-7-12(11)17-13/h4-7,9H,8H2,1-3H3,(H,16,17)/t9-/m1/s1. The van der Waals surface area contributed by atoms with Crippen LogP contribution in [0.3, 0.4) is 0 Å². The average Bonchev–Trinajstić information content (AvgIpc) is 3.03. The summed E-state index contributed by atoms with van der Waals surface area (Å²) in [5.41, 5.74) is 2.04. The second-order valence-corrected chi connectivity index (χ2v) is 4.97. The molecule has 0 aliphatic carbocycles. The maximum Gasteiger partial charge on any atom is 0.243 e.